The van der Waals surface area contributed by atoms with Gasteiger partial charge in [-0.2, -0.15) is 0 Å². The monoisotopic (exact) mass is 338 g/mol. The first-order valence-corrected chi connectivity index (χ1v) is 8.13. The minimum atomic E-state index is 0.699. The summed E-state index contributed by atoms with van der Waals surface area (Å²) < 4.78 is 11.8. The highest BCUT2D eigenvalue weighted by atomic mass is 16.3. The Balaban J connectivity index is 1.57. The van der Waals surface area contributed by atoms with E-state index in [0.717, 1.165) is 49.8 Å². The molecule has 6 aromatic heterocycles. The molecule has 0 spiro atoms. The van der Waals surface area contributed by atoms with Crippen molar-refractivity contribution < 1.29 is 8.83 Å². The zero-order valence-electron chi connectivity index (χ0n) is 13.4. The average Bonchev–Trinajstić information content (AvgIpc) is 3.24. The molecule has 0 radical (unpaired) electrons. The summed E-state index contributed by atoms with van der Waals surface area (Å²) in [7, 11) is 0. The van der Waals surface area contributed by atoms with E-state index in [0.29, 0.717) is 5.58 Å². The largest absolute Gasteiger partial charge is 0.454 e. The number of fused-ring (bicyclic) bond motifs is 6. The van der Waals surface area contributed by atoms with E-state index in [9.17, 15) is 0 Å². The summed E-state index contributed by atoms with van der Waals surface area (Å²) in [5, 5.41) is 0.908. The Kier molecular flexibility index (Phi) is 2.52. The quantitative estimate of drug-likeness (QED) is 0.431. The Bertz CT molecular complexity index is 1340. The van der Waals surface area contributed by atoms with Crippen LogP contribution in [-0.4, -0.2) is 19.9 Å². The highest BCUT2D eigenvalue weighted by Gasteiger charge is 2.13. The number of hydrogen-bond acceptors (Lipinski definition) is 6. The predicted molar refractivity (Wildman–Crippen MR) is 97.6 cm³/mol. The summed E-state index contributed by atoms with van der Waals surface area (Å²) in [6, 6.07) is 9.49. The van der Waals surface area contributed by atoms with Gasteiger partial charge < -0.3 is 8.83 Å². The SMILES string of the molecule is c1cnc2c(c1)oc1cc(-c3cnc4c(c3)oc3ccncc34)cnc12. The third kappa shape index (κ3) is 1.81. The van der Waals surface area contributed by atoms with Crippen LogP contribution in [0, 0.1) is 0 Å². The lowest BCUT2D eigenvalue weighted by Gasteiger charge is -2.00. The fourth-order valence-corrected chi connectivity index (χ4v) is 3.28. The smallest absolute Gasteiger partial charge is 0.156 e. The highest BCUT2D eigenvalue weighted by Crippen LogP contribution is 2.32. The molecule has 6 aromatic rings. The molecule has 0 aliphatic heterocycles. The van der Waals surface area contributed by atoms with Crippen molar-refractivity contribution in [3.63, 3.8) is 0 Å². The lowest BCUT2D eigenvalue weighted by Crippen LogP contribution is -1.83. The number of nitrogens with zero attached hydrogens (tertiary/aromatic N) is 4. The lowest BCUT2D eigenvalue weighted by molar-refractivity contribution is 0.666. The molecule has 0 unspecified atom stereocenters. The van der Waals surface area contributed by atoms with Crippen LogP contribution in [-0.2, 0) is 0 Å². The van der Waals surface area contributed by atoms with Crippen molar-refractivity contribution in [2.45, 2.75) is 0 Å². The van der Waals surface area contributed by atoms with Gasteiger partial charge in [0.25, 0.3) is 0 Å². The standard InChI is InChI=1S/C20H10N4O2/c1-2-15-19(22-4-1)20-17(26-15)7-12(9-24-20)11-6-16-18(23-8-11)13-10-21-5-3-14(13)25-16/h1-10H. The Morgan fingerprint density at radius 2 is 1.35 bits per heavy atom. The number of furan rings is 2. The molecule has 0 aliphatic rings. The van der Waals surface area contributed by atoms with Crippen molar-refractivity contribution in [2.24, 2.45) is 0 Å². The first-order valence-electron chi connectivity index (χ1n) is 8.13. The van der Waals surface area contributed by atoms with Gasteiger partial charge in [0.15, 0.2) is 16.7 Å². The van der Waals surface area contributed by atoms with Gasteiger partial charge in [0.1, 0.15) is 22.1 Å². The topological polar surface area (TPSA) is 77.8 Å². The van der Waals surface area contributed by atoms with Crippen LogP contribution in [0.25, 0.3) is 55.4 Å². The van der Waals surface area contributed by atoms with Crippen LogP contribution in [0.3, 0.4) is 0 Å². The van der Waals surface area contributed by atoms with E-state index in [1.54, 1.807) is 24.8 Å². The lowest BCUT2D eigenvalue weighted by atomic mass is 10.1. The van der Waals surface area contributed by atoms with Gasteiger partial charge >= 0.3 is 0 Å². The fraction of sp³-hybridized carbons (Fsp3) is 0. The van der Waals surface area contributed by atoms with Gasteiger partial charge in [-0.1, -0.05) is 0 Å². The molecule has 6 heterocycles. The second kappa shape index (κ2) is 4.86. The highest BCUT2D eigenvalue weighted by molar-refractivity contribution is 6.03. The van der Waals surface area contributed by atoms with Gasteiger partial charge in [0.05, 0.1) is 5.39 Å². The van der Waals surface area contributed by atoms with Gasteiger partial charge in [0, 0.05) is 42.1 Å². The molecule has 26 heavy (non-hydrogen) atoms. The third-order valence-corrected chi connectivity index (χ3v) is 4.51. The van der Waals surface area contributed by atoms with E-state index in [1.165, 1.54) is 0 Å². The minimum Gasteiger partial charge on any atom is -0.454 e. The van der Waals surface area contributed by atoms with E-state index >= 15 is 0 Å². The molecule has 0 aromatic carbocycles. The van der Waals surface area contributed by atoms with Crippen molar-refractivity contribution >= 4 is 44.3 Å². The molecule has 122 valence electrons. The van der Waals surface area contributed by atoms with Crippen LogP contribution in [0.1, 0.15) is 0 Å². The summed E-state index contributed by atoms with van der Waals surface area (Å²) in [6.45, 7) is 0. The zero-order valence-corrected chi connectivity index (χ0v) is 13.4. The zero-order chi connectivity index (χ0) is 17.1. The molecule has 0 atom stereocenters. The normalized spacial score (nSPS) is 11.8. The van der Waals surface area contributed by atoms with Crippen LogP contribution < -0.4 is 0 Å². The summed E-state index contributed by atoms with van der Waals surface area (Å²) in [6.07, 6.45) is 8.83. The predicted octanol–water partition coefficient (Wildman–Crippen LogP) is 4.73. The van der Waals surface area contributed by atoms with Crippen LogP contribution in [0.5, 0.6) is 0 Å². The molecule has 6 rings (SSSR count). The van der Waals surface area contributed by atoms with Crippen molar-refractivity contribution in [1.29, 1.82) is 0 Å². The van der Waals surface area contributed by atoms with Crippen molar-refractivity contribution in [3.8, 4) is 11.1 Å². The molecule has 0 saturated carbocycles. The summed E-state index contributed by atoms with van der Waals surface area (Å²) in [5.41, 5.74) is 7.07. The molecule has 0 bridgehead atoms. The summed E-state index contributed by atoms with van der Waals surface area (Å²) in [5.74, 6) is 0. The molecule has 0 amide bonds. The summed E-state index contributed by atoms with van der Waals surface area (Å²) in [4.78, 5) is 17.6. The van der Waals surface area contributed by atoms with Gasteiger partial charge in [-0.15, -0.1) is 0 Å². The maximum Gasteiger partial charge on any atom is 0.156 e. The summed E-state index contributed by atoms with van der Waals surface area (Å²) >= 11 is 0. The minimum absolute atomic E-state index is 0.699. The van der Waals surface area contributed by atoms with E-state index in [1.807, 2.05) is 36.5 Å². The molecular weight excluding hydrogens is 328 g/mol. The van der Waals surface area contributed by atoms with E-state index in [-0.39, 0.29) is 0 Å². The van der Waals surface area contributed by atoms with Crippen LogP contribution in [0.15, 0.2) is 70.2 Å². The molecule has 0 fully saturated rings. The number of pyridine rings is 4. The number of rotatable bonds is 1. The second-order valence-electron chi connectivity index (χ2n) is 6.07. The van der Waals surface area contributed by atoms with Crippen LogP contribution in [0.2, 0.25) is 0 Å². The molecular formula is C20H10N4O2. The van der Waals surface area contributed by atoms with Gasteiger partial charge in [-0.25, -0.2) is 4.98 Å². The van der Waals surface area contributed by atoms with Gasteiger partial charge in [0.2, 0.25) is 0 Å². The molecule has 0 aliphatic carbocycles. The Labute approximate surface area is 146 Å². The Morgan fingerprint density at radius 3 is 2.23 bits per heavy atom. The molecule has 0 saturated heterocycles. The maximum absolute atomic E-state index is 5.89. The van der Waals surface area contributed by atoms with E-state index in [4.69, 9.17) is 8.83 Å². The first-order chi connectivity index (χ1) is 12.9. The maximum atomic E-state index is 5.89. The third-order valence-electron chi connectivity index (χ3n) is 4.51. The first kappa shape index (κ1) is 13.5. The average molecular weight is 338 g/mol. The van der Waals surface area contributed by atoms with E-state index in [2.05, 4.69) is 19.9 Å². The number of hydrogen-bond donors (Lipinski definition) is 0. The van der Waals surface area contributed by atoms with E-state index < -0.39 is 0 Å². The fourth-order valence-electron chi connectivity index (χ4n) is 3.28. The molecule has 6 nitrogen and oxygen atoms in total. The molecule has 6 heteroatoms. The van der Waals surface area contributed by atoms with Gasteiger partial charge in [-0.3, -0.25) is 15.0 Å². The van der Waals surface area contributed by atoms with Crippen molar-refractivity contribution in [1.82, 2.24) is 19.9 Å². The van der Waals surface area contributed by atoms with Crippen LogP contribution in [0.4, 0.5) is 0 Å². The van der Waals surface area contributed by atoms with Crippen molar-refractivity contribution in [3.05, 3.63) is 61.3 Å². The Hall–Kier alpha value is -3.80. The molecule has 0 N–H and O–H groups in total. The van der Waals surface area contributed by atoms with Crippen LogP contribution >= 0.6 is 0 Å². The second-order valence-corrected chi connectivity index (χ2v) is 6.07. The number of aromatic nitrogens is 4. The van der Waals surface area contributed by atoms with Crippen molar-refractivity contribution in [2.75, 3.05) is 0 Å². The van der Waals surface area contributed by atoms with Gasteiger partial charge in [-0.05, 0) is 30.3 Å². The Morgan fingerprint density at radius 1 is 0.615 bits per heavy atom.